The van der Waals surface area contributed by atoms with Gasteiger partial charge in [-0.1, -0.05) is 24.6 Å². The Morgan fingerprint density at radius 2 is 1.60 bits per heavy atom. The SMILES string of the molecule is COc1ccc(C2C3=C(C[C@@H](C)[C@]4(Oc5c(Cl)c(OC)cc(OC)c5C4=O)C3=O)Nc3c2c(=O)[nH]c(=O)n3C)cc1OC. The molecule has 3 atom stereocenters. The van der Waals surface area contributed by atoms with E-state index in [1.165, 1.54) is 46.1 Å². The fraction of sp³-hybridized carbons (Fsp3) is 0.333. The number of hydrogen-bond donors (Lipinski definition) is 2. The van der Waals surface area contributed by atoms with Crippen molar-refractivity contribution in [2.75, 3.05) is 33.8 Å². The molecule has 1 unspecified atom stereocenters. The molecule has 3 aliphatic rings. The number of H-pyrrole nitrogens is 1. The average Bonchev–Trinajstić information content (AvgIpc) is 3.32. The van der Waals surface area contributed by atoms with Crippen LogP contribution >= 0.6 is 11.6 Å². The normalized spacial score (nSPS) is 21.9. The average molecular weight is 610 g/mol. The lowest BCUT2D eigenvalue weighted by Gasteiger charge is -2.42. The number of carbonyl (C=O) groups is 2. The number of benzene rings is 2. The molecule has 0 amide bonds. The fourth-order valence-corrected chi connectivity index (χ4v) is 6.59. The summed E-state index contributed by atoms with van der Waals surface area (Å²) >= 11 is 6.59. The quantitative estimate of drug-likeness (QED) is 0.413. The first-order chi connectivity index (χ1) is 20.5. The molecule has 6 rings (SSSR count). The number of nitrogens with zero attached hydrogens (tertiary/aromatic N) is 1. The van der Waals surface area contributed by atoms with Crippen molar-refractivity contribution in [3.05, 3.63) is 78.1 Å². The molecule has 0 radical (unpaired) electrons. The van der Waals surface area contributed by atoms with E-state index in [9.17, 15) is 19.2 Å². The highest BCUT2D eigenvalue weighted by molar-refractivity contribution is 6.36. The lowest BCUT2D eigenvalue weighted by molar-refractivity contribution is -0.130. The van der Waals surface area contributed by atoms with Gasteiger partial charge in [0, 0.05) is 36.2 Å². The minimum atomic E-state index is -2.01. The van der Waals surface area contributed by atoms with E-state index in [1.807, 2.05) is 0 Å². The number of allylic oxidation sites excluding steroid dienone is 1. The smallest absolute Gasteiger partial charge is 0.329 e. The molecule has 2 aliphatic heterocycles. The Morgan fingerprint density at radius 3 is 2.26 bits per heavy atom. The number of aromatic nitrogens is 2. The number of hydrogen-bond acceptors (Lipinski definition) is 10. The Balaban J connectivity index is 1.61. The molecule has 1 aliphatic carbocycles. The topological polar surface area (TPSA) is 147 Å². The number of nitrogens with one attached hydrogen (secondary N) is 2. The number of rotatable bonds is 5. The first-order valence-electron chi connectivity index (χ1n) is 13.3. The largest absolute Gasteiger partial charge is 0.496 e. The molecule has 43 heavy (non-hydrogen) atoms. The lowest BCUT2D eigenvalue weighted by atomic mass is 9.66. The summed E-state index contributed by atoms with van der Waals surface area (Å²) in [6.07, 6.45) is 0.169. The van der Waals surface area contributed by atoms with Crippen molar-refractivity contribution < 1.29 is 33.3 Å². The predicted octanol–water partition coefficient (Wildman–Crippen LogP) is 3.20. The fourth-order valence-electron chi connectivity index (χ4n) is 6.33. The van der Waals surface area contributed by atoms with E-state index in [0.717, 1.165) is 0 Å². The highest BCUT2D eigenvalue weighted by Gasteiger charge is 2.63. The van der Waals surface area contributed by atoms with Crippen LogP contribution in [0, 0.1) is 5.92 Å². The van der Waals surface area contributed by atoms with Gasteiger partial charge in [-0.15, -0.1) is 0 Å². The maximum absolute atomic E-state index is 14.9. The first-order valence-corrected chi connectivity index (χ1v) is 13.7. The lowest BCUT2D eigenvalue weighted by Crippen LogP contribution is -2.58. The van der Waals surface area contributed by atoms with E-state index >= 15 is 0 Å². The molecular weight excluding hydrogens is 582 g/mol. The van der Waals surface area contributed by atoms with Crippen LogP contribution < -0.4 is 40.3 Å². The summed E-state index contributed by atoms with van der Waals surface area (Å²) in [6, 6.07) is 6.48. The van der Waals surface area contributed by atoms with Gasteiger partial charge in [-0.25, -0.2) is 4.79 Å². The van der Waals surface area contributed by atoms with Crippen LogP contribution in [0.25, 0.3) is 0 Å². The van der Waals surface area contributed by atoms with E-state index in [0.29, 0.717) is 22.8 Å². The predicted molar refractivity (Wildman–Crippen MR) is 155 cm³/mol. The van der Waals surface area contributed by atoms with Gasteiger partial charge in [0.25, 0.3) is 5.56 Å². The van der Waals surface area contributed by atoms with Crippen LogP contribution in [-0.4, -0.2) is 55.2 Å². The summed E-state index contributed by atoms with van der Waals surface area (Å²) in [5, 5.41) is 3.19. The van der Waals surface area contributed by atoms with E-state index < -0.39 is 40.3 Å². The van der Waals surface area contributed by atoms with Gasteiger partial charge in [-0.2, -0.15) is 0 Å². The van der Waals surface area contributed by atoms with Crippen molar-refractivity contribution in [2.24, 2.45) is 13.0 Å². The molecule has 0 saturated carbocycles. The number of Topliss-reactive ketones (excluding diaryl/α,β-unsaturated/α-hetero) is 2. The number of halogens is 1. The third-order valence-corrected chi connectivity index (χ3v) is 8.84. The number of methoxy groups -OCH3 is 4. The number of anilines is 1. The second-order valence-electron chi connectivity index (χ2n) is 10.5. The molecule has 1 aromatic heterocycles. The Bertz CT molecular complexity index is 1890. The summed E-state index contributed by atoms with van der Waals surface area (Å²) < 4.78 is 29.4. The number of fused-ring (bicyclic) bond motifs is 2. The molecule has 12 nitrogen and oxygen atoms in total. The highest BCUT2D eigenvalue weighted by atomic mass is 35.5. The summed E-state index contributed by atoms with van der Waals surface area (Å²) in [5.74, 6) is -1.59. The zero-order chi connectivity index (χ0) is 31.0. The second-order valence-corrected chi connectivity index (χ2v) is 10.9. The van der Waals surface area contributed by atoms with E-state index in [2.05, 4.69) is 10.3 Å². The van der Waals surface area contributed by atoms with Crippen LogP contribution in [0.4, 0.5) is 5.82 Å². The minimum Gasteiger partial charge on any atom is -0.496 e. The molecule has 0 saturated heterocycles. The summed E-state index contributed by atoms with van der Waals surface area (Å²) in [7, 11) is 7.27. The zero-order valence-electron chi connectivity index (χ0n) is 24.2. The van der Waals surface area contributed by atoms with Crippen molar-refractivity contribution in [3.63, 3.8) is 0 Å². The molecule has 3 aromatic rings. The van der Waals surface area contributed by atoms with Crippen molar-refractivity contribution in [3.8, 4) is 28.7 Å². The number of aromatic amines is 1. The Hall–Kier alpha value is -4.71. The zero-order valence-corrected chi connectivity index (χ0v) is 24.9. The number of ketones is 2. The second kappa shape index (κ2) is 9.94. The van der Waals surface area contributed by atoms with Gasteiger partial charge >= 0.3 is 5.69 Å². The van der Waals surface area contributed by atoms with E-state index in [1.54, 1.807) is 25.1 Å². The van der Waals surface area contributed by atoms with Crippen molar-refractivity contribution in [1.82, 2.24) is 9.55 Å². The van der Waals surface area contributed by atoms with Crippen LogP contribution in [0.5, 0.6) is 28.7 Å². The van der Waals surface area contributed by atoms with Gasteiger partial charge in [0.05, 0.1) is 34.0 Å². The molecule has 13 heteroatoms. The monoisotopic (exact) mass is 609 g/mol. The van der Waals surface area contributed by atoms with Crippen LogP contribution in [-0.2, 0) is 11.8 Å². The third-order valence-electron chi connectivity index (χ3n) is 8.48. The van der Waals surface area contributed by atoms with Crippen molar-refractivity contribution >= 4 is 29.0 Å². The van der Waals surface area contributed by atoms with E-state index in [-0.39, 0.29) is 51.2 Å². The van der Waals surface area contributed by atoms with Gasteiger partial charge in [0.15, 0.2) is 17.2 Å². The maximum atomic E-state index is 14.9. The molecule has 0 bridgehead atoms. The Morgan fingerprint density at radius 1 is 0.930 bits per heavy atom. The van der Waals surface area contributed by atoms with Gasteiger partial charge in [0.1, 0.15) is 27.9 Å². The molecular formula is C30H28ClN3O9. The molecule has 224 valence electrons. The molecule has 1 spiro atoms. The van der Waals surface area contributed by atoms with Crippen molar-refractivity contribution in [1.29, 1.82) is 0 Å². The van der Waals surface area contributed by atoms with Crippen LogP contribution in [0.15, 0.2) is 45.1 Å². The van der Waals surface area contributed by atoms with Gasteiger partial charge in [-0.3, -0.25) is 23.9 Å². The van der Waals surface area contributed by atoms with Gasteiger partial charge in [-0.05, 0) is 24.1 Å². The summed E-state index contributed by atoms with van der Waals surface area (Å²) in [5.41, 5.74) is -2.07. The highest BCUT2D eigenvalue weighted by Crippen LogP contribution is 2.56. The van der Waals surface area contributed by atoms with Gasteiger partial charge in [0.2, 0.25) is 17.2 Å². The maximum Gasteiger partial charge on any atom is 0.329 e. The Labute approximate surface area is 250 Å². The number of carbonyl (C=O) groups excluding carboxylic acids is 2. The van der Waals surface area contributed by atoms with Crippen LogP contribution in [0.3, 0.4) is 0 Å². The van der Waals surface area contributed by atoms with Crippen LogP contribution in [0.2, 0.25) is 5.02 Å². The standard InChI is InChI=1S/C30H28ClN3O9/c1-12-9-14-20(25(35)30(12)26(36)21-17(41-5)11-18(42-6)23(31)24(21)43-30)19(13-7-8-15(39-3)16(10-13)40-4)22-27(32-14)34(2)29(38)33-28(22)37/h7-8,10-12,19,32H,9H2,1-6H3,(H,33,37,38)/t12-,19?,30+/m1/s1. The van der Waals surface area contributed by atoms with Crippen molar-refractivity contribution in [2.45, 2.75) is 24.9 Å². The first kappa shape index (κ1) is 28.4. The molecule has 2 N–H and O–H groups in total. The summed E-state index contributed by atoms with van der Waals surface area (Å²) in [4.78, 5) is 57.6. The molecule has 3 heterocycles. The Kier molecular flexibility index (Phi) is 6.57. The van der Waals surface area contributed by atoms with Crippen LogP contribution in [0.1, 0.15) is 40.7 Å². The molecule has 0 fully saturated rings. The third kappa shape index (κ3) is 3.75. The summed E-state index contributed by atoms with van der Waals surface area (Å²) in [6.45, 7) is 1.72. The minimum absolute atomic E-state index is 0.0146. The van der Waals surface area contributed by atoms with Gasteiger partial charge < -0.3 is 29.0 Å². The number of ether oxygens (including phenoxy) is 5. The van der Waals surface area contributed by atoms with E-state index in [4.69, 9.17) is 35.3 Å². The molecule has 2 aromatic carbocycles.